The number of nitrogens with one attached hydrogen (secondary N) is 2. The van der Waals surface area contributed by atoms with Crippen molar-refractivity contribution in [1.82, 2.24) is 20.7 Å². The van der Waals surface area contributed by atoms with Gasteiger partial charge in [0.2, 0.25) is 18.2 Å². The minimum atomic E-state index is -1.33. The van der Waals surface area contributed by atoms with Crippen molar-refractivity contribution in [2.45, 2.75) is 52.0 Å². The van der Waals surface area contributed by atoms with Crippen LogP contribution >= 0.6 is 0 Å². The number of carbonyl (C=O) groups excluding carboxylic acids is 4. The van der Waals surface area contributed by atoms with Gasteiger partial charge in [0.15, 0.2) is 0 Å². The number of carbonyl (C=O) groups is 5. The number of unbranched alkanes of at least 4 members (excludes halogenated alkanes) is 2. The zero-order valence-corrected chi connectivity index (χ0v) is 21.3. The minimum Gasteiger partial charge on any atom is -0.478 e. The van der Waals surface area contributed by atoms with Crippen LogP contribution in [0.5, 0.6) is 0 Å². The fourth-order valence-corrected chi connectivity index (χ4v) is 4.10. The van der Waals surface area contributed by atoms with Crippen LogP contribution < -0.4 is 16.4 Å². The van der Waals surface area contributed by atoms with Crippen molar-refractivity contribution >= 4 is 30.1 Å². The van der Waals surface area contributed by atoms with E-state index in [-0.39, 0.29) is 29.9 Å². The molecule has 0 aliphatic carbocycles. The number of carboxylic acid groups (broad SMARTS) is 1. The molecule has 1 aromatic carbocycles. The van der Waals surface area contributed by atoms with Crippen molar-refractivity contribution in [3.8, 4) is 11.3 Å². The molecule has 38 heavy (non-hydrogen) atoms. The third kappa shape index (κ3) is 7.84. The van der Waals surface area contributed by atoms with E-state index in [1.165, 1.54) is 24.3 Å². The number of pyridine rings is 1. The molecule has 12 nitrogen and oxygen atoms in total. The Hall–Kier alpha value is -4.32. The molecule has 0 aliphatic rings. The number of hydroxylamine groups is 2. The molecule has 204 valence electrons. The van der Waals surface area contributed by atoms with Crippen LogP contribution in [0.1, 0.15) is 77.2 Å². The fraction of sp³-hybridized carbons (Fsp3) is 0.385. The summed E-state index contributed by atoms with van der Waals surface area (Å²) in [6.45, 7) is 3.57. The third-order valence-electron chi connectivity index (χ3n) is 6.09. The van der Waals surface area contributed by atoms with Crippen LogP contribution in [0, 0.1) is 5.92 Å². The molecular weight excluding hydrogens is 494 g/mol. The van der Waals surface area contributed by atoms with Gasteiger partial charge >= 0.3 is 5.97 Å². The number of aromatic nitrogens is 1. The molecule has 0 radical (unpaired) electrons. The number of primary amides is 1. The maximum atomic E-state index is 12.9. The highest BCUT2D eigenvalue weighted by Crippen LogP contribution is 2.22. The summed E-state index contributed by atoms with van der Waals surface area (Å²) >= 11 is 0. The molecule has 0 fully saturated rings. The van der Waals surface area contributed by atoms with Crippen LogP contribution in [0.4, 0.5) is 0 Å². The van der Waals surface area contributed by atoms with E-state index in [4.69, 9.17) is 5.73 Å². The van der Waals surface area contributed by atoms with Crippen molar-refractivity contribution in [1.29, 1.82) is 0 Å². The number of carboxylic acids is 1. The monoisotopic (exact) mass is 527 g/mol. The number of hydrogen-bond acceptors (Lipinski definition) is 7. The fourth-order valence-electron chi connectivity index (χ4n) is 4.10. The highest BCUT2D eigenvalue weighted by Gasteiger charge is 2.30. The smallest absolute Gasteiger partial charge is 0.336 e. The van der Waals surface area contributed by atoms with Crippen molar-refractivity contribution in [3.63, 3.8) is 0 Å². The number of aromatic carboxylic acids is 1. The zero-order chi connectivity index (χ0) is 28.2. The predicted octanol–water partition coefficient (Wildman–Crippen LogP) is 2.17. The lowest BCUT2D eigenvalue weighted by Gasteiger charge is -2.29. The lowest BCUT2D eigenvalue weighted by molar-refractivity contribution is -0.168. The summed E-state index contributed by atoms with van der Waals surface area (Å²) in [6, 6.07) is 7.89. The van der Waals surface area contributed by atoms with E-state index in [0.29, 0.717) is 29.2 Å². The number of nitrogens with zero attached hydrogens (tertiary/aromatic N) is 2. The van der Waals surface area contributed by atoms with Gasteiger partial charge in [-0.25, -0.2) is 14.8 Å². The zero-order valence-electron chi connectivity index (χ0n) is 21.3. The Morgan fingerprint density at radius 2 is 1.82 bits per heavy atom. The summed E-state index contributed by atoms with van der Waals surface area (Å²) in [5.41, 5.74) is 5.46. The van der Waals surface area contributed by atoms with Crippen molar-refractivity contribution in [2.24, 2.45) is 11.7 Å². The maximum absolute atomic E-state index is 12.9. The summed E-state index contributed by atoms with van der Waals surface area (Å²) in [6.07, 6.45) is 3.68. The number of rotatable bonds is 15. The largest absolute Gasteiger partial charge is 0.478 e. The van der Waals surface area contributed by atoms with Gasteiger partial charge in [-0.05, 0) is 37.1 Å². The number of hydrogen-bond donors (Lipinski definition) is 5. The summed E-state index contributed by atoms with van der Waals surface area (Å²) in [5, 5.41) is 25.0. The molecule has 0 aliphatic heterocycles. The lowest BCUT2D eigenvalue weighted by Crippen LogP contribution is -2.47. The van der Waals surface area contributed by atoms with E-state index >= 15 is 0 Å². The second-order valence-corrected chi connectivity index (χ2v) is 8.62. The molecular formula is C26H33N5O7. The van der Waals surface area contributed by atoms with Gasteiger partial charge in [-0.2, -0.15) is 0 Å². The molecule has 1 heterocycles. The summed E-state index contributed by atoms with van der Waals surface area (Å²) < 4.78 is 0. The summed E-state index contributed by atoms with van der Waals surface area (Å²) in [4.78, 5) is 63.9. The minimum absolute atomic E-state index is 0.0148. The first-order valence-corrected chi connectivity index (χ1v) is 12.3. The van der Waals surface area contributed by atoms with Crippen LogP contribution in [0.3, 0.4) is 0 Å². The quantitative estimate of drug-likeness (QED) is 0.0764. The molecule has 12 heteroatoms. The average molecular weight is 528 g/mol. The maximum Gasteiger partial charge on any atom is 0.336 e. The Morgan fingerprint density at radius 1 is 1.08 bits per heavy atom. The number of amides is 4. The van der Waals surface area contributed by atoms with E-state index in [1.54, 1.807) is 19.1 Å². The van der Waals surface area contributed by atoms with Gasteiger partial charge in [-0.1, -0.05) is 45.2 Å². The van der Waals surface area contributed by atoms with Gasteiger partial charge in [0.1, 0.15) is 5.69 Å². The van der Waals surface area contributed by atoms with E-state index in [0.717, 1.165) is 19.3 Å². The molecule has 0 saturated heterocycles. The molecule has 2 aromatic rings. The molecule has 0 bridgehead atoms. The van der Waals surface area contributed by atoms with E-state index in [2.05, 4.69) is 15.6 Å². The Bertz CT molecular complexity index is 1170. The standard InChI is InChI=1S/C26H33N5O7/c1-3-5-6-8-18(22(4-2)31(38)15-32)24(34)28-14-29-25(35)21-10-7-9-20(30-21)16-11-12-17(23(27)33)19(13-16)26(36)37/h7,9-13,15,18,22,38H,3-6,8,14H2,1-2H3,(H2,27,33)(H,28,34)(H,29,35)(H,36,37). The van der Waals surface area contributed by atoms with Gasteiger partial charge < -0.3 is 21.5 Å². The first-order chi connectivity index (χ1) is 18.1. The first-order valence-electron chi connectivity index (χ1n) is 12.3. The predicted molar refractivity (Wildman–Crippen MR) is 137 cm³/mol. The summed E-state index contributed by atoms with van der Waals surface area (Å²) in [7, 11) is 0. The SMILES string of the molecule is CCCCCC(C(=O)NCNC(=O)c1cccc(-c2ccc(C(N)=O)c(C(=O)O)c2)n1)C(CC)N(O)C=O. The van der Waals surface area contributed by atoms with Crippen molar-refractivity contribution in [3.05, 3.63) is 53.2 Å². The van der Waals surface area contributed by atoms with Gasteiger partial charge in [0.25, 0.3) is 5.91 Å². The van der Waals surface area contributed by atoms with E-state index in [9.17, 15) is 34.3 Å². The Balaban J connectivity index is 2.11. The van der Waals surface area contributed by atoms with Crippen LogP contribution in [0.25, 0.3) is 11.3 Å². The number of benzene rings is 1. The molecule has 4 amide bonds. The lowest BCUT2D eigenvalue weighted by atomic mass is 9.90. The van der Waals surface area contributed by atoms with E-state index in [1.807, 2.05) is 6.92 Å². The molecule has 1 aromatic heterocycles. The average Bonchev–Trinajstić information content (AvgIpc) is 2.91. The topological polar surface area (TPSA) is 192 Å². The second kappa shape index (κ2) is 14.4. The van der Waals surface area contributed by atoms with Gasteiger partial charge in [0, 0.05) is 5.56 Å². The molecule has 0 spiro atoms. The van der Waals surface area contributed by atoms with Crippen molar-refractivity contribution in [2.75, 3.05) is 6.67 Å². The van der Waals surface area contributed by atoms with Gasteiger partial charge in [-0.3, -0.25) is 24.4 Å². The van der Waals surface area contributed by atoms with Crippen LogP contribution in [-0.4, -0.2) is 63.2 Å². The van der Waals surface area contributed by atoms with Crippen molar-refractivity contribution < 1.29 is 34.3 Å². The van der Waals surface area contributed by atoms with Crippen LogP contribution in [0.15, 0.2) is 36.4 Å². The van der Waals surface area contributed by atoms with E-state index < -0.39 is 35.7 Å². The Labute approximate surface area is 220 Å². The molecule has 0 saturated carbocycles. The first kappa shape index (κ1) is 29.9. The molecule has 6 N–H and O–H groups in total. The molecule has 2 rings (SSSR count). The van der Waals surface area contributed by atoms with Crippen LogP contribution in [-0.2, 0) is 9.59 Å². The highest BCUT2D eigenvalue weighted by molar-refractivity contribution is 6.05. The molecule has 2 unspecified atom stereocenters. The number of nitrogens with two attached hydrogens (primary N) is 1. The van der Waals surface area contributed by atoms with Crippen LogP contribution in [0.2, 0.25) is 0 Å². The second-order valence-electron chi connectivity index (χ2n) is 8.62. The van der Waals surface area contributed by atoms with Gasteiger partial charge in [-0.15, -0.1) is 0 Å². The Kier molecular flexibility index (Phi) is 11.4. The molecule has 2 atom stereocenters. The normalized spacial score (nSPS) is 12.2. The summed E-state index contributed by atoms with van der Waals surface area (Å²) in [5.74, 6) is -3.88. The Morgan fingerprint density at radius 3 is 2.42 bits per heavy atom. The highest BCUT2D eigenvalue weighted by atomic mass is 16.5. The third-order valence-corrected chi connectivity index (χ3v) is 6.09. The van der Waals surface area contributed by atoms with Gasteiger partial charge in [0.05, 0.1) is 35.4 Å².